The number of hydrogen-bond donors (Lipinski definition) is 1. The van der Waals surface area contributed by atoms with Crippen LogP contribution in [0.1, 0.15) is 5.56 Å². The Morgan fingerprint density at radius 2 is 1.74 bits per heavy atom. The van der Waals surface area contributed by atoms with E-state index in [4.69, 9.17) is 10.5 Å². The molecule has 2 aromatic rings. The molecule has 1 aromatic carbocycles. The van der Waals surface area contributed by atoms with Gasteiger partial charge < -0.3 is 10.5 Å². The average Bonchev–Trinajstić information content (AvgIpc) is 2.38. The van der Waals surface area contributed by atoms with E-state index in [-0.39, 0.29) is 18.5 Å². The van der Waals surface area contributed by atoms with Crippen molar-refractivity contribution in [1.82, 2.24) is 4.98 Å². The molecule has 0 aliphatic heterocycles. The van der Waals surface area contributed by atoms with Crippen molar-refractivity contribution < 1.29 is 22.3 Å². The minimum Gasteiger partial charge on any atom is -0.483 e. The van der Waals surface area contributed by atoms with Gasteiger partial charge in [0, 0.05) is 17.8 Å². The number of nitrogens with two attached hydrogens (primary N) is 1. The van der Waals surface area contributed by atoms with E-state index in [0.29, 0.717) is 5.56 Å². The summed E-state index contributed by atoms with van der Waals surface area (Å²) in [6.45, 7) is -0.365. The van der Waals surface area contributed by atoms with Crippen LogP contribution in [-0.2, 0) is 6.61 Å². The smallest absolute Gasteiger partial charge is 0.203 e. The van der Waals surface area contributed by atoms with Crippen molar-refractivity contribution in [3.8, 4) is 5.75 Å². The molecular weight excluding hydrogens is 264 g/mol. The van der Waals surface area contributed by atoms with E-state index >= 15 is 0 Å². The number of nitrogen functional groups attached to an aromatic ring is 1. The van der Waals surface area contributed by atoms with Crippen molar-refractivity contribution in [2.75, 3.05) is 5.73 Å². The number of benzene rings is 1. The average molecular weight is 272 g/mol. The van der Waals surface area contributed by atoms with Gasteiger partial charge in [0.25, 0.3) is 0 Å². The van der Waals surface area contributed by atoms with Crippen LogP contribution in [0.25, 0.3) is 0 Å². The monoisotopic (exact) mass is 272 g/mol. The maximum absolute atomic E-state index is 13.3. The van der Waals surface area contributed by atoms with Crippen molar-refractivity contribution in [2.45, 2.75) is 6.61 Å². The molecule has 7 heteroatoms. The molecule has 0 radical (unpaired) electrons. The Labute approximate surface area is 105 Å². The van der Waals surface area contributed by atoms with Crippen molar-refractivity contribution in [1.29, 1.82) is 0 Å². The largest absolute Gasteiger partial charge is 0.483 e. The van der Waals surface area contributed by atoms with Crippen molar-refractivity contribution in [3.63, 3.8) is 0 Å². The number of anilines is 1. The summed E-state index contributed by atoms with van der Waals surface area (Å²) in [5, 5.41) is 0. The first-order valence-corrected chi connectivity index (χ1v) is 5.16. The number of rotatable bonds is 3. The molecule has 0 saturated heterocycles. The molecule has 2 rings (SSSR count). The van der Waals surface area contributed by atoms with Gasteiger partial charge in [-0.2, -0.15) is 8.78 Å². The van der Waals surface area contributed by atoms with Gasteiger partial charge in [-0.05, 0) is 6.07 Å². The first-order chi connectivity index (χ1) is 9.00. The summed E-state index contributed by atoms with van der Waals surface area (Å²) in [4.78, 5) is 3.73. The Bertz CT molecular complexity index is 593. The van der Waals surface area contributed by atoms with E-state index in [0.717, 1.165) is 0 Å². The van der Waals surface area contributed by atoms with Crippen LogP contribution in [0.2, 0.25) is 0 Å². The number of halogens is 4. The fourth-order valence-corrected chi connectivity index (χ4v) is 1.40. The highest BCUT2D eigenvalue weighted by atomic mass is 19.2. The molecular formula is C12H8F4N2O. The van der Waals surface area contributed by atoms with E-state index in [9.17, 15) is 17.6 Å². The number of aromatic nitrogens is 1. The third kappa shape index (κ3) is 2.59. The topological polar surface area (TPSA) is 48.1 Å². The van der Waals surface area contributed by atoms with Gasteiger partial charge in [-0.15, -0.1) is 0 Å². The summed E-state index contributed by atoms with van der Waals surface area (Å²) in [5.74, 6) is -7.29. The van der Waals surface area contributed by atoms with Gasteiger partial charge in [0.05, 0.1) is 0 Å². The van der Waals surface area contributed by atoms with Gasteiger partial charge in [-0.3, -0.25) is 0 Å². The molecule has 0 amide bonds. The summed E-state index contributed by atoms with van der Waals surface area (Å²) in [5.41, 5.74) is 5.83. The Balaban J connectivity index is 2.28. The van der Waals surface area contributed by atoms with Crippen LogP contribution in [0.15, 0.2) is 24.4 Å². The summed E-state index contributed by atoms with van der Waals surface area (Å²) < 4.78 is 57.2. The zero-order chi connectivity index (χ0) is 14.0. The molecule has 0 aliphatic carbocycles. The number of hydrogen-bond acceptors (Lipinski definition) is 3. The van der Waals surface area contributed by atoms with Crippen molar-refractivity contribution in [2.24, 2.45) is 0 Å². The molecule has 0 saturated carbocycles. The quantitative estimate of drug-likeness (QED) is 0.690. The second kappa shape index (κ2) is 5.13. The predicted octanol–water partition coefficient (Wildman–Crippen LogP) is 2.80. The third-order valence-corrected chi connectivity index (χ3v) is 2.37. The minimum atomic E-state index is -1.60. The lowest BCUT2D eigenvalue weighted by atomic mass is 10.2. The van der Waals surface area contributed by atoms with Gasteiger partial charge >= 0.3 is 0 Å². The van der Waals surface area contributed by atoms with Crippen molar-refractivity contribution >= 4 is 5.82 Å². The zero-order valence-electron chi connectivity index (χ0n) is 9.46. The maximum Gasteiger partial charge on any atom is 0.203 e. The first-order valence-electron chi connectivity index (χ1n) is 5.16. The van der Waals surface area contributed by atoms with Crippen LogP contribution in [0.5, 0.6) is 5.75 Å². The highest BCUT2D eigenvalue weighted by Gasteiger charge is 2.20. The lowest BCUT2D eigenvalue weighted by Crippen LogP contribution is -2.06. The maximum atomic E-state index is 13.3. The standard InChI is InChI=1S/C12H8F4N2O/c13-7-4-8(14)10(16)11(9(7)15)19-5-6-2-1-3-18-12(6)17/h1-4H,5H2,(H2,17,18). The van der Waals surface area contributed by atoms with Gasteiger partial charge in [0.2, 0.25) is 11.6 Å². The predicted molar refractivity (Wildman–Crippen MR) is 59.3 cm³/mol. The molecule has 0 unspecified atom stereocenters. The van der Waals surface area contributed by atoms with Crippen LogP contribution in [-0.4, -0.2) is 4.98 Å². The molecule has 0 spiro atoms. The minimum absolute atomic E-state index is 0.0974. The van der Waals surface area contributed by atoms with Crippen LogP contribution in [0.3, 0.4) is 0 Å². The Morgan fingerprint density at radius 1 is 1.11 bits per heavy atom. The summed E-state index contributed by atoms with van der Waals surface area (Å²) in [6, 6.07) is 3.15. The van der Waals surface area contributed by atoms with E-state index in [1.54, 1.807) is 0 Å². The Hall–Kier alpha value is -2.31. The SMILES string of the molecule is Nc1ncccc1COc1c(F)c(F)cc(F)c1F. The number of pyridine rings is 1. The van der Waals surface area contributed by atoms with Crippen LogP contribution < -0.4 is 10.5 Å². The third-order valence-electron chi connectivity index (χ3n) is 2.37. The van der Waals surface area contributed by atoms with E-state index in [2.05, 4.69) is 4.98 Å². The Morgan fingerprint density at radius 3 is 2.32 bits per heavy atom. The highest BCUT2D eigenvalue weighted by Crippen LogP contribution is 2.27. The van der Waals surface area contributed by atoms with Crippen LogP contribution >= 0.6 is 0 Å². The lowest BCUT2D eigenvalue weighted by molar-refractivity contribution is 0.262. The van der Waals surface area contributed by atoms with E-state index in [1.807, 2.05) is 0 Å². The molecule has 19 heavy (non-hydrogen) atoms. The number of nitrogens with zero attached hydrogens (tertiary/aromatic N) is 1. The molecule has 0 aliphatic rings. The number of ether oxygens (including phenoxy) is 1. The van der Waals surface area contributed by atoms with Crippen LogP contribution in [0.4, 0.5) is 23.4 Å². The lowest BCUT2D eigenvalue weighted by Gasteiger charge is -2.10. The van der Waals surface area contributed by atoms with E-state index < -0.39 is 29.0 Å². The van der Waals surface area contributed by atoms with Gasteiger partial charge in [-0.1, -0.05) is 6.07 Å². The molecule has 1 aromatic heterocycles. The zero-order valence-corrected chi connectivity index (χ0v) is 9.46. The molecule has 0 atom stereocenters. The van der Waals surface area contributed by atoms with Gasteiger partial charge in [0.1, 0.15) is 12.4 Å². The fourth-order valence-electron chi connectivity index (χ4n) is 1.40. The molecule has 0 bridgehead atoms. The molecule has 100 valence electrons. The molecule has 0 fully saturated rings. The summed E-state index contributed by atoms with van der Waals surface area (Å²) >= 11 is 0. The fraction of sp³-hybridized carbons (Fsp3) is 0.0833. The molecule has 1 heterocycles. The molecule has 2 N–H and O–H groups in total. The van der Waals surface area contributed by atoms with E-state index in [1.165, 1.54) is 18.3 Å². The van der Waals surface area contributed by atoms with Crippen molar-refractivity contribution in [3.05, 3.63) is 53.2 Å². The summed E-state index contributed by atoms with van der Waals surface area (Å²) in [6.07, 6.45) is 1.42. The van der Waals surface area contributed by atoms with Gasteiger partial charge in [-0.25, -0.2) is 13.8 Å². The first kappa shape index (κ1) is 13.1. The normalized spacial score (nSPS) is 10.5. The van der Waals surface area contributed by atoms with Crippen LogP contribution in [0, 0.1) is 23.3 Å². The second-order valence-electron chi connectivity index (χ2n) is 3.63. The highest BCUT2D eigenvalue weighted by molar-refractivity contribution is 5.38. The Kier molecular flexibility index (Phi) is 3.55. The summed E-state index contributed by atoms with van der Waals surface area (Å²) in [7, 11) is 0. The molecule has 3 nitrogen and oxygen atoms in total. The second-order valence-corrected chi connectivity index (χ2v) is 3.63. The van der Waals surface area contributed by atoms with Gasteiger partial charge in [0.15, 0.2) is 17.4 Å².